The molecular weight excluding hydrogens is 402 g/mol. The lowest BCUT2D eigenvalue weighted by molar-refractivity contribution is -0.121. The number of aromatic nitrogens is 2. The predicted octanol–water partition coefficient (Wildman–Crippen LogP) is 3.80. The predicted molar refractivity (Wildman–Crippen MR) is 120 cm³/mol. The molecule has 4 rings (SSSR count). The molecule has 3 aromatic rings. The van der Waals surface area contributed by atoms with Crippen LogP contribution in [0.1, 0.15) is 29.3 Å². The molecule has 1 aliphatic carbocycles. The molecule has 5 nitrogen and oxygen atoms in total. The Hall–Kier alpha value is -2.12. The van der Waals surface area contributed by atoms with Crippen molar-refractivity contribution in [3.63, 3.8) is 0 Å². The van der Waals surface area contributed by atoms with Crippen molar-refractivity contribution in [2.24, 2.45) is 5.92 Å². The Morgan fingerprint density at radius 1 is 1.34 bits per heavy atom. The lowest BCUT2D eigenvalue weighted by Crippen LogP contribution is -2.33. The molecule has 0 saturated heterocycles. The Bertz CT molecular complexity index is 1090. The van der Waals surface area contributed by atoms with Gasteiger partial charge in [-0.3, -0.25) is 14.2 Å². The third kappa shape index (κ3) is 4.56. The summed E-state index contributed by atoms with van der Waals surface area (Å²) in [7, 11) is 0. The van der Waals surface area contributed by atoms with Crippen LogP contribution < -0.4 is 10.9 Å². The van der Waals surface area contributed by atoms with Crippen molar-refractivity contribution in [1.29, 1.82) is 0 Å². The molecule has 1 amide bonds. The molecule has 7 heteroatoms. The number of nitrogens with zero attached hydrogens (tertiary/aromatic N) is 2. The molecule has 1 aliphatic rings. The number of amides is 1. The van der Waals surface area contributed by atoms with Gasteiger partial charge in [-0.25, -0.2) is 4.98 Å². The topological polar surface area (TPSA) is 64.0 Å². The quantitative estimate of drug-likeness (QED) is 0.480. The first-order valence-electron chi connectivity index (χ1n) is 9.97. The van der Waals surface area contributed by atoms with E-state index in [4.69, 9.17) is 0 Å². The van der Waals surface area contributed by atoms with Gasteiger partial charge in [0.25, 0.3) is 5.56 Å². The molecule has 1 unspecified atom stereocenters. The van der Waals surface area contributed by atoms with E-state index in [2.05, 4.69) is 48.4 Å². The summed E-state index contributed by atoms with van der Waals surface area (Å²) in [6.45, 7) is 4.89. The average Bonchev–Trinajstić information content (AvgIpc) is 3.07. The van der Waals surface area contributed by atoms with Crippen LogP contribution in [-0.2, 0) is 24.2 Å². The lowest BCUT2D eigenvalue weighted by Gasteiger charge is -2.17. The Morgan fingerprint density at radius 2 is 2.14 bits per heavy atom. The number of fused-ring (bicyclic) bond motifs is 3. The van der Waals surface area contributed by atoms with E-state index in [1.54, 1.807) is 23.1 Å². The van der Waals surface area contributed by atoms with Gasteiger partial charge in [0.2, 0.25) is 5.91 Å². The van der Waals surface area contributed by atoms with Crippen LogP contribution in [0.3, 0.4) is 0 Å². The third-order valence-corrected chi connectivity index (χ3v) is 7.49. The van der Waals surface area contributed by atoms with E-state index >= 15 is 0 Å². The molecule has 0 aliphatic heterocycles. The number of hydrogen-bond acceptors (Lipinski definition) is 5. The van der Waals surface area contributed by atoms with Crippen LogP contribution in [0, 0.1) is 12.8 Å². The Balaban J connectivity index is 1.37. The fraction of sp³-hybridized carbons (Fsp3) is 0.409. The number of thiophene rings is 1. The molecule has 0 bridgehead atoms. The molecule has 1 N–H and O–H groups in total. The van der Waals surface area contributed by atoms with Crippen molar-refractivity contribution < 1.29 is 4.79 Å². The second-order valence-corrected chi connectivity index (χ2v) is 9.97. The summed E-state index contributed by atoms with van der Waals surface area (Å²) < 4.78 is 1.44. The summed E-state index contributed by atoms with van der Waals surface area (Å²) in [6, 6.07) is 8.34. The van der Waals surface area contributed by atoms with Crippen LogP contribution in [0.15, 0.2) is 40.3 Å². The number of aryl methyl sites for hydroxylation is 2. The second-order valence-electron chi connectivity index (χ2n) is 7.72. The number of hydrogen-bond donors (Lipinski definition) is 1. The highest BCUT2D eigenvalue weighted by Gasteiger charge is 2.23. The van der Waals surface area contributed by atoms with E-state index in [1.165, 1.54) is 26.2 Å². The van der Waals surface area contributed by atoms with Crippen molar-refractivity contribution in [1.82, 2.24) is 14.9 Å². The summed E-state index contributed by atoms with van der Waals surface area (Å²) in [5.74, 6) is 1.29. The van der Waals surface area contributed by atoms with Gasteiger partial charge in [0.1, 0.15) is 11.4 Å². The van der Waals surface area contributed by atoms with Crippen molar-refractivity contribution in [3.8, 4) is 0 Å². The van der Waals surface area contributed by atoms with Gasteiger partial charge in [-0.2, -0.15) is 0 Å². The van der Waals surface area contributed by atoms with E-state index in [0.29, 0.717) is 12.5 Å². The SMILES string of the molecule is Cc1ccc(SCCNC(=O)Cn2cnc3sc4c(c3c2=O)CCC(C)C4)cc1. The Kier molecular flexibility index (Phi) is 6.06. The number of carbonyl (C=O) groups is 1. The summed E-state index contributed by atoms with van der Waals surface area (Å²) in [6.07, 6.45) is 4.57. The van der Waals surface area contributed by atoms with Gasteiger partial charge in [0.15, 0.2) is 0 Å². The van der Waals surface area contributed by atoms with Crippen molar-refractivity contribution in [2.75, 3.05) is 12.3 Å². The molecule has 2 heterocycles. The van der Waals surface area contributed by atoms with Crippen LogP contribution in [-0.4, -0.2) is 27.8 Å². The summed E-state index contributed by atoms with van der Waals surface area (Å²) in [5.41, 5.74) is 2.30. The van der Waals surface area contributed by atoms with Gasteiger partial charge in [0, 0.05) is 22.1 Å². The highest BCUT2D eigenvalue weighted by molar-refractivity contribution is 7.99. The van der Waals surface area contributed by atoms with Gasteiger partial charge < -0.3 is 5.32 Å². The standard InChI is InChI=1S/C22H25N3O2S2/c1-14-3-6-16(7-4-14)28-10-9-23-19(26)12-25-13-24-21-20(22(25)27)17-8-5-15(2)11-18(17)29-21/h3-4,6-7,13,15H,5,8-12H2,1-2H3,(H,23,26). The lowest BCUT2D eigenvalue weighted by atomic mass is 9.89. The number of thioether (sulfide) groups is 1. The first-order chi connectivity index (χ1) is 14.0. The van der Waals surface area contributed by atoms with Crippen LogP contribution in [0.2, 0.25) is 0 Å². The maximum atomic E-state index is 13.0. The molecule has 1 aromatic carbocycles. The number of rotatable bonds is 6. The monoisotopic (exact) mass is 427 g/mol. The van der Waals surface area contributed by atoms with Gasteiger partial charge >= 0.3 is 0 Å². The molecule has 0 fully saturated rings. The fourth-order valence-corrected chi connectivity index (χ4v) is 5.79. The molecule has 29 heavy (non-hydrogen) atoms. The van der Waals surface area contributed by atoms with Crippen LogP contribution >= 0.6 is 23.1 Å². The zero-order valence-electron chi connectivity index (χ0n) is 16.7. The molecule has 2 aromatic heterocycles. The van der Waals surface area contributed by atoms with Crippen molar-refractivity contribution >= 4 is 39.2 Å². The Morgan fingerprint density at radius 3 is 2.93 bits per heavy atom. The molecule has 1 atom stereocenters. The van der Waals surface area contributed by atoms with Gasteiger partial charge in [-0.1, -0.05) is 24.6 Å². The zero-order chi connectivity index (χ0) is 20.4. The van der Waals surface area contributed by atoms with E-state index in [9.17, 15) is 9.59 Å². The van der Waals surface area contributed by atoms with E-state index in [1.807, 2.05) is 0 Å². The number of benzene rings is 1. The highest BCUT2D eigenvalue weighted by Crippen LogP contribution is 2.35. The average molecular weight is 428 g/mol. The minimum atomic E-state index is -0.157. The van der Waals surface area contributed by atoms with Gasteiger partial charge in [-0.15, -0.1) is 23.1 Å². The maximum absolute atomic E-state index is 13.0. The summed E-state index contributed by atoms with van der Waals surface area (Å²) >= 11 is 3.34. The number of nitrogens with one attached hydrogen (secondary N) is 1. The van der Waals surface area contributed by atoms with E-state index in [-0.39, 0.29) is 18.0 Å². The fourth-order valence-electron chi connectivity index (χ4n) is 3.68. The minimum absolute atomic E-state index is 0.0119. The molecule has 0 radical (unpaired) electrons. The largest absolute Gasteiger partial charge is 0.354 e. The highest BCUT2D eigenvalue weighted by atomic mass is 32.2. The first-order valence-corrected chi connectivity index (χ1v) is 11.8. The second kappa shape index (κ2) is 8.71. The van der Waals surface area contributed by atoms with Gasteiger partial charge in [-0.05, 0) is 49.8 Å². The third-order valence-electron chi connectivity index (χ3n) is 5.31. The normalized spacial score (nSPS) is 16.0. The molecule has 0 spiro atoms. The zero-order valence-corrected chi connectivity index (χ0v) is 18.4. The van der Waals surface area contributed by atoms with Crippen molar-refractivity contribution in [2.45, 2.75) is 44.6 Å². The molecule has 152 valence electrons. The van der Waals surface area contributed by atoms with Gasteiger partial charge in [0.05, 0.1) is 11.7 Å². The minimum Gasteiger partial charge on any atom is -0.354 e. The van der Waals surface area contributed by atoms with Crippen LogP contribution in [0.25, 0.3) is 10.2 Å². The van der Waals surface area contributed by atoms with Crippen LogP contribution in [0.5, 0.6) is 0 Å². The number of carbonyl (C=O) groups excluding carboxylic acids is 1. The first kappa shape index (κ1) is 20.2. The smallest absolute Gasteiger partial charge is 0.262 e. The van der Waals surface area contributed by atoms with E-state index < -0.39 is 0 Å². The molecule has 0 saturated carbocycles. The summed E-state index contributed by atoms with van der Waals surface area (Å²) in [4.78, 5) is 33.0. The maximum Gasteiger partial charge on any atom is 0.262 e. The van der Waals surface area contributed by atoms with Crippen molar-refractivity contribution in [3.05, 3.63) is 57.0 Å². The summed E-state index contributed by atoms with van der Waals surface area (Å²) in [5, 5.41) is 3.63. The Labute approximate surface area is 178 Å². The molecular formula is C22H25N3O2S2. The van der Waals surface area contributed by atoms with E-state index in [0.717, 1.165) is 40.8 Å². The van der Waals surface area contributed by atoms with Crippen LogP contribution in [0.4, 0.5) is 0 Å².